The first-order valence-corrected chi connectivity index (χ1v) is 5.64. The van der Waals surface area contributed by atoms with E-state index in [0.717, 1.165) is 5.56 Å². The summed E-state index contributed by atoms with van der Waals surface area (Å²) >= 11 is 0. The van der Waals surface area contributed by atoms with E-state index in [0.29, 0.717) is 5.75 Å². The molecule has 0 bridgehead atoms. The van der Waals surface area contributed by atoms with Gasteiger partial charge in [0.05, 0.1) is 6.10 Å². The Hall–Kier alpha value is -2.10. The van der Waals surface area contributed by atoms with E-state index in [4.69, 9.17) is 9.47 Å². The van der Waals surface area contributed by atoms with Crippen molar-refractivity contribution in [2.45, 2.75) is 26.9 Å². The Kier molecular flexibility index (Phi) is 5.11. The molecule has 0 heterocycles. The van der Waals surface area contributed by atoms with Crippen molar-refractivity contribution in [2.24, 2.45) is 0 Å². The lowest BCUT2D eigenvalue weighted by Crippen LogP contribution is -2.08. The van der Waals surface area contributed by atoms with Crippen LogP contribution in [0.5, 0.6) is 5.75 Å². The van der Waals surface area contributed by atoms with Gasteiger partial charge in [-0.25, -0.2) is 4.79 Å². The molecular formula is C14H16O4. The van der Waals surface area contributed by atoms with Gasteiger partial charge in [-0.05, 0) is 37.6 Å². The summed E-state index contributed by atoms with van der Waals surface area (Å²) in [5.74, 6) is -0.266. The number of carbonyl (C=O) groups is 2. The minimum absolute atomic E-state index is 0.131. The van der Waals surface area contributed by atoms with Crippen molar-refractivity contribution in [2.75, 3.05) is 0 Å². The van der Waals surface area contributed by atoms with Gasteiger partial charge in [-0.3, -0.25) is 4.79 Å². The third-order valence-corrected chi connectivity index (χ3v) is 1.91. The van der Waals surface area contributed by atoms with E-state index in [-0.39, 0.29) is 18.0 Å². The number of hydrogen-bond acceptors (Lipinski definition) is 4. The van der Waals surface area contributed by atoms with Crippen LogP contribution in [0.3, 0.4) is 0 Å². The molecule has 18 heavy (non-hydrogen) atoms. The molecule has 0 radical (unpaired) electrons. The molecule has 0 unspecified atom stereocenters. The predicted molar refractivity (Wildman–Crippen MR) is 68.0 cm³/mol. The summed E-state index contributed by atoms with van der Waals surface area (Å²) in [6.07, 6.45) is 2.87. The third kappa shape index (κ3) is 5.30. The standard InChI is InChI=1S/C14H16O4/c1-10(2)17-14(16)9-6-12-4-7-13(8-5-12)18-11(3)15/h4-10H,1-3H3. The Morgan fingerprint density at radius 3 is 2.28 bits per heavy atom. The molecule has 4 nitrogen and oxygen atoms in total. The normalized spacial score (nSPS) is 10.7. The van der Waals surface area contributed by atoms with E-state index in [1.165, 1.54) is 13.0 Å². The molecular weight excluding hydrogens is 232 g/mol. The van der Waals surface area contributed by atoms with Gasteiger partial charge < -0.3 is 9.47 Å². The van der Waals surface area contributed by atoms with E-state index in [9.17, 15) is 9.59 Å². The predicted octanol–water partition coefficient (Wildman–Crippen LogP) is 2.58. The lowest BCUT2D eigenvalue weighted by atomic mass is 10.2. The largest absolute Gasteiger partial charge is 0.460 e. The zero-order chi connectivity index (χ0) is 13.5. The fourth-order valence-electron chi connectivity index (χ4n) is 1.25. The fraction of sp³-hybridized carbons (Fsp3) is 0.286. The molecule has 0 saturated heterocycles. The second kappa shape index (κ2) is 6.59. The molecule has 4 heteroatoms. The average Bonchev–Trinajstić information content (AvgIpc) is 2.26. The average molecular weight is 248 g/mol. The topological polar surface area (TPSA) is 52.6 Å². The maximum atomic E-state index is 11.3. The zero-order valence-corrected chi connectivity index (χ0v) is 10.7. The summed E-state index contributed by atoms with van der Waals surface area (Å²) < 4.78 is 9.85. The Morgan fingerprint density at radius 1 is 1.17 bits per heavy atom. The van der Waals surface area contributed by atoms with Crippen LogP contribution in [0, 0.1) is 0 Å². The van der Waals surface area contributed by atoms with Gasteiger partial charge in [0.1, 0.15) is 5.75 Å². The summed E-state index contributed by atoms with van der Waals surface area (Å²) in [7, 11) is 0. The molecule has 0 aliphatic rings. The molecule has 0 fully saturated rings. The Morgan fingerprint density at radius 2 is 1.78 bits per heavy atom. The van der Waals surface area contributed by atoms with Gasteiger partial charge in [0.15, 0.2) is 0 Å². The summed E-state index contributed by atoms with van der Waals surface area (Å²) in [6, 6.07) is 6.82. The van der Waals surface area contributed by atoms with Crippen molar-refractivity contribution in [1.82, 2.24) is 0 Å². The molecule has 0 atom stereocenters. The van der Waals surface area contributed by atoms with Gasteiger partial charge in [0.25, 0.3) is 0 Å². The van der Waals surface area contributed by atoms with E-state index < -0.39 is 0 Å². The van der Waals surface area contributed by atoms with Crippen LogP contribution in [0.4, 0.5) is 0 Å². The maximum absolute atomic E-state index is 11.3. The van der Waals surface area contributed by atoms with Crippen LogP contribution in [-0.2, 0) is 14.3 Å². The van der Waals surface area contributed by atoms with Crippen LogP contribution in [0.1, 0.15) is 26.3 Å². The third-order valence-electron chi connectivity index (χ3n) is 1.91. The summed E-state index contributed by atoms with van der Waals surface area (Å²) in [6.45, 7) is 4.93. The lowest BCUT2D eigenvalue weighted by Gasteiger charge is -2.04. The van der Waals surface area contributed by atoms with E-state index in [2.05, 4.69) is 0 Å². The monoisotopic (exact) mass is 248 g/mol. The maximum Gasteiger partial charge on any atom is 0.331 e. The highest BCUT2D eigenvalue weighted by atomic mass is 16.5. The Labute approximate surface area is 106 Å². The SMILES string of the molecule is CC(=O)Oc1ccc(C=CC(=O)OC(C)C)cc1. The van der Waals surface area contributed by atoms with E-state index >= 15 is 0 Å². The Balaban J connectivity index is 2.60. The minimum Gasteiger partial charge on any atom is -0.460 e. The highest BCUT2D eigenvalue weighted by Gasteiger charge is 2.00. The number of carbonyl (C=O) groups excluding carboxylic acids is 2. The number of ether oxygens (including phenoxy) is 2. The van der Waals surface area contributed by atoms with Crippen molar-refractivity contribution in [3.05, 3.63) is 35.9 Å². The van der Waals surface area contributed by atoms with Gasteiger partial charge in [-0.15, -0.1) is 0 Å². The van der Waals surface area contributed by atoms with Gasteiger partial charge in [-0.1, -0.05) is 12.1 Å². The van der Waals surface area contributed by atoms with Crippen LogP contribution >= 0.6 is 0 Å². The van der Waals surface area contributed by atoms with E-state index in [1.807, 2.05) is 0 Å². The smallest absolute Gasteiger partial charge is 0.331 e. The van der Waals surface area contributed by atoms with Crippen molar-refractivity contribution in [3.63, 3.8) is 0 Å². The molecule has 0 aliphatic carbocycles. The lowest BCUT2D eigenvalue weighted by molar-refractivity contribution is -0.141. The quantitative estimate of drug-likeness (QED) is 0.467. The van der Waals surface area contributed by atoms with Crippen LogP contribution in [0.25, 0.3) is 6.08 Å². The van der Waals surface area contributed by atoms with Crippen LogP contribution in [0.15, 0.2) is 30.3 Å². The molecule has 96 valence electrons. The number of benzene rings is 1. The van der Waals surface area contributed by atoms with Crippen molar-refractivity contribution < 1.29 is 19.1 Å². The van der Waals surface area contributed by atoms with Crippen molar-refractivity contribution in [3.8, 4) is 5.75 Å². The highest BCUT2D eigenvalue weighted by Crippen LogP contribution is 2.13. The molecule has 0 N–H and O–H groups in total. The highest BCUT2D eigenvalue weighted by molar-refractivity contribution is 5.87. The van der Waals surface area contributed by atoms with Crippen LogP contribution < -0.4 is 4.74 Å². The molecule has 1 rings (SSSR count). The van der Waals surface area contributed by atoms with Crippen LogP contribution in [-0.4, -0.2) is 18.0 Å². The first-order chi connectivity index (χ1) is 8.47. The fourth-order valence-corrected chi connectivity index (χ4v) is 1.25. The summed E-state index contributed by atoms with van der Waals surface area (Å²) in [5, 5.41) is 0. The van der Waals surface area contributed by atoms with Crippen molar-refractivity contribution in [1.29, 1.82) is 0 Å². The molecule has 0 aliphatic heterocycles. The van der Waals surface area contributed by atoms with Gasteiger partial charge in [-0.2, -0.15) is 0 Å². The number of rotatable bonds is 4. The number of esters is 2. The van der Waals surface area contributed by atoms with Crippen molar-refractivity contribution >= 4 is 18.0 Å². The van der Waals surface area contributed by atoms with E-state index in [1.54, 1.807) is 44.2 Å². The van der Waals surface area contributed by atoms with Crippen LogP contribution in [0.2, 0.25) is 0 Å². The summed E-state index contributed by atoms with van der Waals surface area (Å²) in [5.41, 5.74) is 0.826. The minimum atomic E-state index is -0.380. The zero-order valence-electron chi connectivity index (χ0n) is 10.7. The van der Waals surface area contributed by atoms with Gasteiger partial charge in [0.2, 0.25) is 0 Å². The Bertz CT molecular complexity index is 443. The second-order valence-corrected chi connectivity index (χ2v) is 3.98. The number of hydrogen-bond donors (Lipinski definition) is 0. The first-order valence-electron chi connectivity index (χ1n) is 5.64. The molecule has 0 amide bonds. The molecule has 1 aromatic carbocycles. The molecule has 0 saturated carbocycles. The molecule has 0 spiro atoms. The first kappa shape index (κ1) is 14.0. The van der Waals surface area contributed by atoms with Gasteiger partial charge >= 0.3 is 11.9 Å². The molecule has 1 aromatic rings. The second-order valence-electron chi connectivity index (χ2n) is 3.98. The summed E-state index contributed by atoms with van der Waals surface area (Å²) in [4.78, 5) is 22.0. The molecule has 0 aromatic heterocycles. The van der Waals surface area contributed by atoms with Gasteiger partial charge in [0, 0.05) is 13.0 Å².